The smallest absolute Gasteiger partial charge is 0.251 e. The first-order valence-corrected chi connectivity index (χ1v) is 6.63. The van der Waals surface area contributed by atoms with Crippen LogP contribution in [0.1, 0.15) is 0 Å². The number of nitrogen functional groups attached to an aromatic ring is 1. The van der Waals surface area contributed by atoms with Crippen molar-refractivity contribution in [2.24, 2.45) is 0 Å². The lowest BCUT2D eigenvalue weighted by molar-refractivity contribution is 0.394. The zero-order chi connectivity index (χ0) is 15.5. The summed E-state index contributed by atoms with van der Waals surface area (Å²) in [5, 5.41) is 8.15. The number of hydrogen-bond acceptors (Lipinski definition) is 6. The first-order chi connectivity index (χ1) is 10.7. The molecule has 3 aromatic rings. The topological polar surface area (TPSA) is 83.4 Å². The highest BCUT2D eigenvalue weighted by Crippen LogP contribution is 2.33. The Hall–Kier alpha value is -3.02. The highest BCUT2D eigenvalue weighted by atomic mass is 16.5. The van der Waals surface area contributed by atoms with Gasteiger partial charge in [0.2, 0.25) is 5.89 Å². The van der Waals surface area contributed by atoms with Crippen LogP contribution in [0.4, 0.5) is 5.69 Å². The second-order valence-electron chi connectivity index (χ2n) is 4.60. The Kier molecular flexibility index (Phi) is 3.65. The zero-order valence-electron chi connectivity index (χ0n) is 12.2. The largest absolute Gasteiger partial charge is 0.497 e. The van der Waals surface area contributed by atoms with Crippen LogP contribution < -0.4 is 15.2 Å². The third kappa shape index (κ3) is 2.58. The van der Waals surface area contributed by atoms with E-state index in [-0.39, 0.29) is 0 Å². The van der Waals surface area contributed by atoms with Gasteiger partial charge < -0.3 is 19.6 Å². The molecule has 1 aromatic heterocycles. The molecule has 1 heterocycles. The van der Waals surface area contributed by atoms with Gasteiger partial charge >= 0.3 is 0 Å². The van der Waals surface area contributed by atoms with Gasteiger partial charge in [0.15, 0.2) is 0 Å². The fourth-order valence-electron chi connectivity index (χ4n) is 2.05. The molecule has 0 bridgehead atoms. The van der Waals surface area contributed by atoms with Crippen LogP contribution in [-0.4, -0.2) is 24.4 Å². The summed E-state index contributed by atoms with van der Waals surface area (Å²) in [4.78, 5) is 0. The molecule has 2 N–H and O–H groups in total. The van der Waals surface area contributed by atoms with E-state index in [1.807, 2.05) is 24.3 Å². The van der Waals surface area contributed by atoms with Crippen LogP contribution in [-0.2, 0) is 0 Å². The van der Waals surface area contributed by atoms with Crippen molar-refractivity contribution in [2.75, 3.05) is 20.0 Å². The molecular weight excluding hydrogens is 282 g/mol. The molecule has 2 aromatic carbocycles. The maximum Gasteiger partial charge on any atom is 0.251 e. The molecule has 0 fully saturated rings. The average molecular weight is 297 g/mol. The summed E-state index contributed by atoms with van der Waals surface area (Å²) in [7, 11) is 3.18. The number of ether oxygens (including phenoxy) is 2. The van der Waals surface area contributed by atoms with E-state index in [2.05, 4.69) is 10.2 Å². The van der Waals surface area contributed by atoms with Gasteiger partial charge in [-0.25, -0.2) is 0 Å². The minimum atomic E-state index is 0.381. The first-order valence-electron chi connectivity index (χ1n) is 6.63. The molecule has 6 heteroatoms. The predicted molar refractivity (Wildman–Crippen MR) is 82.7 cm³/mol. The molecule has 0 aliphatic rings. The minimum Gasteiger partial charge on any atom is -0.497 e. The Morgan fingerprint density at radius 2 is 1.64 bits per heavy atom. The Morgan fingerprint density at radius 1 is 0.909 bits per heavy atom. The van der Waals surface area contributed by atoms with E-state index in [4.69, 9.17) is 19.6 Å². The quantitative estimate of drug-likeness (QED) is 0.745. The van der Waals surface area contributed by atoms with E-state index in [9.17, 15) is 0 Å². The number of benzene rings is 2. The Labute approximate surface area is 127 Å². The Balaban J connectivity index is 1.98. The van der Waals surface area contributed by atoms with Crippen molar-refractivity contribution in [1.29, 1.82) is 0 Å². The molecule has 0 atom stereocenters. The number of methoxy groups -OCH3 is 2. The number of rotatable bonds is 4. The van der Waals surface area contributed by atoms with Crippen LogP contribution in [0.25, 0.3) is 22.9 Å². The molecule has 3 rings (SSSR count). The third-order valence-electron chi connectivity index (χ3n) is 3.22. The third-order valence-corrected chi connectivity index (χ3v) is 3.22. The van der Waals surface area contributed by atoms with Crippen molar-refractivity contribution < 1.29 is 13.9 Å². The average Bonchev–Trinajstić information content (AvgIpc) is 3.04. The van der Waals surface area contributed by atoms with Gasteiger partial charge in [-0.2, -0.15) is 0 Å². The van der Waals surface area contributed by atoms with E-state index in [0.717, 1.165) is 5.56 Å². The lowest BCUT2D eigenvalue weighted by Gasteiger charge is -2.07. The molecule has 0 amide bonds. The van der Waals surface area contributed by atoms with Crippen molar-refractivity contribution in [3.8, 4) is 34.4 Å². The second-order valence-corrected chi connectivity index (χ2v) is 4.60. The molecule has 0 saturated heterocycles. The molecule has 0 unspecified atom stereocenters. The SMILES string of the molecule is COc1ccc(-c2nnc(-c3ccc(N)cc3)o2)c(OC)c1. The molecule has 6 nitrogen and oxygen atoms in total. The molecule has 22 heavy (non-hydrogen) atoms. The Bertz CT molecular complexity index is 782. The summed E-state index contributed by atoms with van der Waals surface area (Å²) < 4.78 is 16.3. The number of nitrogens with two attached hydrogens (primary N) is 1. The highest BCUT2D eigenvalue weighted by Gasteiger charge is 2.15. The predicted octanol–water partition coefficient (Wildman–Crippen LogP) is 3.00. The van der Waals surface area contributed by atoms with Crippen LogP contribution in [0.2, 0.25) is 0 Å². The van der Waals surface area contributed by atoms with E-state index < -0.39 is 0 Å². The molecule has 112 valence electrons. The van der Waals surface area contributed by atoms with Gasteiger partial charge in [0.1, 0.15) is 11.5 Å². The summed E-state index contributed by atoms with van der Waals surface area (Å²) in [5.74, 6) is 2.10. The van der Waals surface area contributed by atoms with Crippen molar-refractivity contribution in [3.63, 3.8) is 0 Å². The van der Waals surface area contributed by atoms with Gasteiger partial charge in [0.05, 0.1) is 19.8 Å². The van der Waals surface area contributed by atoms with Crippen molar-refractivity contribution >= 4 is 5.69 Å². The zero-order valence-corrected chi connectivity index (χ0v) is 12.2. The fourth-order valence-corrected chi connectivity index (χ4v) is 2.05. The number of hydrogen-bond donors (Lipinski definition) is 1. The summed E-state index contributed by atoms with van der Waals surface area (Å²) in [6.45, 7) is 0. The lowest BCUT2D eigenvalue weighted by atomic mass is 10.2. The summed E-state index contributed by atoms with van der Waals surface area (Å²) in [6, 6.07) is 12.6. The van der Waals surface area contributed by atoms with E-state index in [1.54, 1.807) is 32.4 Å². The molecule has 0 aliphatic carbocycles. The normalized spacial score (nSPS) is 10.5. The monoisotopic (exact) mass is 297 g/mol. The van der Waals surface area contributed by atoms with Gasteiger partial charge in [-0.05, 0) is 36.4 Å². The Morgan fingerprint density at radius 3 is 2.32 bits per heavy atom. The maximum absolute atomic E-state index is 5.73. The molecule has 0 spiro atoms. The highest BCUT2D eigenvalue weighted by molar-refractivity contribution is 5.66. The maximum atomic E-state index is 5.73. The number of anilines is 1. The van der Waals surface area contributed by atoms with Gasteiger partial charge in [-0.15, -0.1) is 10.2 Å². The van der Waals surface area contributed by atoms with Crippen molar-refractivity contribution in [3.05, 3.63) is 42.5 Å². The van der Waals surface area contributed by atoms with E-state index >= 15 is 0 Å². The van der Waals surface area contributed by atoms with Crippen molar-refractivity contribution in [2.45, 2.75) is 0 Å². The van der Waals surface area contributed by atoms with Gasteiger partial charge in [0.25, 0.3) is 5.89 Å². The van der Waals surface area contributed by atoms with Gasteiger partial charge in [0, 0.05) is 17.3 Å². The van der Waals surface area contributed by atoms with Crippen LogP contribution in [0, 0.1) is 0 Å². The van der Waals surface area contributed by atoms with E-state index in [1.165, 1.54) is 0 Å². The molecule has 0 radical (unpaired) electrons. The summed E-state index contributed by atoms with van der Waals surface area (Å²) >= 11 is 0. The van der Waals surface area contributed by atoms with E-state index in [0.29, 0.717) is 34.5 Å². The van der Waals surface area contributed by atoms with Crippen LogP contribution in [0.5, 0.6) is 11.5 Å². The number of aromatic nitrogens is 2. The fraction of sp³-hybridized carbons (Fsp3) is 0.125. The van der Waals surface area contributed by atoms with Crippen molar-refractivity contribution in [1.82, 2.24) is 10.2 Å². The minimum absolute atomic E-state index is 0.381. The van der Waals surface area contributed by atoms with Gasteiger partial charge in [-0.3, -0.25) is 0 Å². The molecule has 0 saturated carbocycles. The second kappa shape index (κ2) is 5.77. The molecular formula is C16H15N3O3. The number of nitrogens with zero attached hydrogens (tertiary/aromatic N) is 2. The first kappa shape index (κ1) is 13.9. The van der Waals surface area contributed by atoms with Crippen LogP contribution >= 0.6 is 0 Å². The lowest BCUT2D eigenvalue weighted by Crippen LogP contribution is -1.90. The summed E-state index contributed by atoms with van der Waals surface area (Å²) in [5.41, 5.74) is 7.86. The van der Waals surface area contributed by atoms with Crippen LogP contribution in [0.3, 0.4) is 0 Å². The standard InChI is InChI=1S/C16H15N3O3/c1-20-12-7-8-13(14(9-12)21-2)16-19-18-15(22-16)10-3-5-11(17)6-4-10/h3-9H,17H2,1-2H3. The summed E-state index contributed by atoms with van der Waals surface area (Å²) in [6.07, 6.45) is 0. The van der Waals surface area contributed by atoms with Gasteiger partial charge in [-0.1, -0.05) is 0 Å². The van der Waals surface area contributed by atoms with Crippen LogP contribution in [0.15, 0.2) is 46.9 Å². The molecule has 0 aliphatic heterocycles.